The molecule has 4 heterocycles. The topological polar surface area (TPSA) is 73.7 Å². The number of fused-ring (bicyclic) bond motifs is 1. The molecular weight excluding hydrogens is 465 g/mol. The molecule has 1 aromatic carbocycles. The van der Waals surface area contributed by atoms with Crippen molar-refractivity contribution in [2.75, 3.05) is 18.6 Å². The average Bonchev–Trinajstić information content (AvgIpc) is 3.54. The molecule has 0 bridgehead atoms. The first-order valence-electron chi connectivity index (χ1n) is 10.6. The normalized spacial score (nSPS) is 16.5. The second-order valence-corrected chi connectivity index (χ2v) is 9.26. The maximum atomic E-state index is 13.6. The first kappa shape index (κ1) is 22.3. The van der Waals surface area contributed by atoms with Gasteiger partial charge in [0.25, 0.3) is 5.91 Å². The number of carbonyl (C=O) groups is 1. The van der Waals surface area contributed by atoms with Crippen LogP contribution >= 0.6 is 11.3 Å². The molecule has 0 aliphatic carbocycles. The van der Waals surface area contributed by atoms with Crippen LogP contribution in [0.2, 0.25) is 0 Å². The summed E-state index contributed by atoms with van der Waals surface area (Å²) in [6, 6.07) is 7.45. The van der Waals surface area contributed by atoms with E-state index >= 15 is 0 Å². The number of hydrogen-bond donors (Lipinski definition) is 1. The molecule has 1 N–H and O–H groups in total. The summed E-state index contributed by atoms with van der Waals surface area (Å²) in [7, 11) is 1.95. The van der Waals surface area contributed by atoms with Gasteiger partial charge in [-0.3, -0.25) is 20.1 Å². The second-order valence-electron chi connectivity index (χ2n) is 8.38. The summed E-state index contributed by atoms with van der Waals surface area (Å²) in [6.45, 7) is 2.50. The fraction of sp³-hybridized carbons (Fsp3) is 0.304. The van der Waals surface area contributed by atoms with Gasteiger partial charge < -0.3 is 4.90 Å². The molecule has 0 radical (unpaired) electrons. The molecule has 0 saturated heterocycles. The van der Waals surface area contributed by atoms with E-state index in [1.165, 1.54) is 28.4 Å². The van der Waals surface area contributed by atoms with Gasteiger partial charge in [-0.05, 0) is 41.3 Å². The van der Waals surface area contributed by atoms with E-state index in [1.54, 1.807) is 17.8 Å². The van der Waals surface area contributed by atoms with Gasteiger partial charge in [0.05, 0.1) is 28.2 Å². The molecule has 34 heavy (non-hydrogen) atoms. The maximum absolute atomic E-state index is 13.6. The molecule has 176 valence electrons. The Morgan fingerprint density at radius 1 is 1.26 bits per heavy atom. The molecule has 1 atom stereocenters. The molecule has 11 heteroatoms. The first-order chi connectivity index (χ1) is 16.2. The van der Waals surface area contributed by atoms with Crippen LogP contribution in [0.15, 0.2) is 47.1 Å². The van der Waals surface area contributed by atoms with Crippen molar-refractivity contribution in [1.29, 1.82) is 0 Å². The Bertz CT molecular complexity index is 1270. The van der Waals surface area contributed by atoms with Gasteiger partial charge in [-0.2, -0.15) is 18.3 Å². The number of thiazole rings is 1. The van der Waals surface area contributed by atoms with Crippen LogP contribution in [0, 0.1) is 0 Å². The number of carbonyl (C=O) groups excluding carboxylic acids is 1. The van der Waals surface area contributed by atoms with E-state index in [0.717, 1.165) is 22.3 Å². The Labute approximate surface area is 197 Å². The van der Waals surface area contributed by atoms with E-state index in [-0.39, 0.29) is 23.6 Å². The summed E-state index contributed by atoms with van der Waals surface area (Å²) < 4.78 is 40.7. The van der Waals surface area contributed by atoms with E-state index in [4.69, 9.17) is 0 Å². The number of nitrogens with one attached hydrogen (secondary N) is 1. The lowest BCUT2D eigenvalue weighted by Crippen LogP contribution is -2.26. The van der Waals surface area contributed by atoms with Gasteiger partial charge in [-0.15, -0.1) is 11.3 Å². The third-order valence-corrected chi connectivity index (χ3v) is 6.88. The van der Waals surface area contributed by atoms with E-state index in [2.05, 4.69) is 20.5 Å². The smallest absolute Gasteiger partial charge is 0.343 e. The molecule has 0 spiro atoms. The minimum Gasteiger partial charge on any atom is -0.343 e. The predicted molar refractivity (Wildman–Crippen MR) is 124 cm³/mol. The number of hydrogen-bond acceptors (Lipinski definition) is 7. The monoisotopic (exact) mass is 486 g/mol. The Morgan fingerprint density at radius 3 is 2.76 bits per heavy atom. The number of anilines is 1. The summed E-state index contributed by atoms with van der Waals surface area (Å²) in [4.78, 5) is 26.1. The molecule has 7 nitrogen and oxygen atoms in total. The van der Waals surface area contributed by atoms with Crippen molar-refractivity contribution in [2.24, 2.45) is 5.10 Å². The van der Waals surface area contributed by atoms with E-state index in [0.29, 0.717) is 24.6 Å². The summed E-state index contributed by atoms with van der Waals surface area (Å²) in [6.07, 6.45) is -2.20. The molecule has 2 aliphatic heterocycles. The zero-order chi connectivity index (χ0) is 24.0. The third-order valence-electron chi connectivity index (χ3n) is 6.08. The Balaban J connectivity index is 1.54. The lowest BCUT2D eigenvalue weighted by Gasteiger charge is -2.21. The summed E-state index contributed by atoms with van der Waals surface area (Å²) in [5.74, 6) is 0.768. The van der Waals surface area contributed by atoms with Crippen molar-refractivity contribution in [3.8, 4) is 10.6 Å². The predicted octanol–water partition coefficient (Wildman–Crippen LogP) is 4.68. The molecule has 0 fully saturated rings. The molecule has 0 saturated carbocycles. The van der Waals surface area contributed by atoms with Crippen LogP contribution in [-0.4, -0.2) is 40.3 Å². The Morgan fingerprint density at radius 2 is 2.09 bits per heavy atom. The average molecular weight is 487 g/mol. The number of amidine groups is 1. The van der Waals surface area contributed by atoms with Crippen LogP contribution in [0.3, 0.4) is 0 Å². The summed E-state index contributed by atoms with van der Waals surface area (Å²) >= 11 is 1.41. The summed E-state index contributed by atoms with van der Waals surface area (Å²) in [5, 5.41) is 4.32. The standard InChI is InChI=1S/C23H21F3N6OS/c1-13(6-21-30-28-11-31(21)2)14-7-18(19-9-27-12-34-19)29-20(8-14)32-10-16-15(22(32)33)4-3-5-17(16)23(24,25)26/h3-5,7-9,12-13,28H,6,10-11H2,1-2H3/t13-/m1/s1. The van der Waals surface area contributed by atoms with E-state index < -0.39 is 17.6 Å². The summed E-state index contributed by atoms with van der Waals surface area (Å²) in [5.41, 5.74) is 5.43. The van der Waals surface area contributed by atoms with Gasteiger partial charge >= 0.3 is 6.18 Å². The second kappa shape index (κ2) is 8.39. The highest BCUT2D eigenvalue weighted by molar-refractivity contribution is 7.13. The molecule has 5 rings (SSSR count). The number of alkyl halides is 3. The molecule has 1 amide bonds. The quantitative estimate of drug-likeness (QED) is 0.567. The van der Waals surface area contributed by atoms with E-state index in [1.807, 2.05) is 24.9 Å². The van der Waals surface area contributed by atoms with Crippen LogP contribution in [0.25, 0.3) is 10.6 Å². The van der Waals surface area contributed by atoms with Crippen molar-refractivity contribution in [3.05, 3.63) is 64.3 Å². The number of benzene rings is 1. The van der Waals surface area contributed by atoms with Crippen LogP contribution < -0.4 is 10.3 Å². The molecule has 2 aliphatic rings. The highest BCUT2D eigenvalue weighted by atomic mass is 32.1. The number of amides is 1. The first-order valence-corrected chi connectivity index (χ1v) is 11.5. The molecular formula is C23H21F3N6OS. The van der Waals surface area contributed by atoms with Crippen molar-refractivity contribution in [1.82, 2.24) is 20.3 Å². The van der Waals surface area contributed by atoms with Gasteiger partial charge in [-0.25, -0.2) is 4.98 Å². The van der Waals surface area contributed by atoms with Crippen molar-refractivity contribution < 1.29 is 18.0 Å². The van der Waals surface area contributed by atoms with Crippen molar-refractivity contribution >= 4 is 28.9 Å². The van der Waals surface area contributed by atoms with Gasteiger partial charge in [-0.1, -0.05) is 13.0 Å². The number of nitrogens with zero attached hydrogens (tertiary/aromatic N) is 5. The van der Waals surface area contributed by atoms with Gasteiger partial charge in [0.15, 0.2) is 0 Å². The van der Waals surface area contributed by atoms with Crippen LogP contribution in [0.4, 0.5) is 19.0 Å². The Hall–Kier alpha value is -3.47. The fourth-order valence-electron chi connectivity index (χ4n) is 4.21. The Kier molecular flexibility index (Phi) is 5.51. The molecule has 3 aromatic rings. The van der Waals surface area contributed by atoms with Gasteiger partial charge in [0.1, 0.15) is 18.3 Å². The number of hydrazone groups is 1. The van der Waals surface area contributed by atoms with Gasteiger partial charge in [0.2, 0.25) is 0 Å². The lowest BCUT2D eigenvalue weighted by atomic mass is 9.96. The number of pyridine rings is 1. The SMILES string of the molecule is C[C@H](CC1=NNCN1C)c1cc(-c2cncs2)nc(N2Cc3c(cccc3C(F)(F)F)C2=O)c1. The molecule has 2 aromatic heterocycles. The van der Waals surface area contributed by atoms with E-state index in [9.17, 15) is 18.0 Å². The zero-order valence-electron chi connectivity index (χ0n) is 18.4. The number of halogens is 3. The van der Waals surface area contributed by atoms with Crippen molar-refractivity contribution in [2.45, 2.75) is 32.0 Å². The molecule has 0 unspecified atom stereocenters. The van der Waals surface area contributed by atoms with Crippen LogP contribution in [0.1, 0.15) is 46.3 Å². The lowest BCUT2D eigenvalue weighted by molar-refractivity contribution is -0.138. The number of rotatable bonds is 5. The number of aromatic nitrogens is 2. The fourth-order valence-corrected chi connectivity index (χ4v) is 4.80. The minimum absolute atomic E-state index is 0.0207. The van der Waals surface area contributed by atoms with Crippen LogP contribution in [-0.2, 0) is 12.7 Å². The van der Waals surface area contributed by atoms with Crippen LogP contribution in [0.5, 0.6) is 0 Å². The highest BCUT2D eigenvalue weighted by Crippen LogP contribution is 2.39. The largest absolute Gasteiger partial charge is 0.416 e. The zero-order valence-corrected chi connectivity index (χ0v) is 19.2. The highest BCUT2D eigenvalue weighted by Gasteiger charge is 2.40. The van der Waals surface area contributed by atoms with Crippen molar-refractivity contribution in [3.63, 3.8) is 0 Å². The minimum atomic E-state index is -4.54. The van der Waals surface area contributed by atoms with Gasteiger partial charge in [0, 0.05) is 25.2 Å². The maximum Gasteiger partial charge on any atom is 0.416 e. The third kappa shape index (κ3) is 4.00.